The minimum absolute atomic E-state index is 0.109. The van der Waals surface area contributed by atoms with Crippen LogP contribution in [0, 0.1) is 11.2 Å². The number of aliphatic hydroxyl groups excluding tert-OH is 1. The standard InChI is InChI=1S/C13H22FN2O4Si/c1-12(2,3)13(6-7-17,20-21(4)5)16-8-9(14)10(18)15-11(16)19/h8,17H,6-7H2,1-5H3,(H,15,18,19). The van der Waals surface area contributed by atoms with E-state index in [0.29, 0.717) is 0 Å². The highest BCUT2D eigenvalue weighted by Gasteiger charge is 2.46. The van der Waals surface area contributed by atoms with Gasteiger partial charge in [0, 0.05) is 18.4 Å². The summed E-state index contributed by atoms with van der Waals surface area (Å²) in [5.41, 5.74) is -3.66. The molecule has 0 aliphatic rings. The zero-order valence-electron chi connectivity index (χ0n) is 13.0. The van der Waals surface area contributed by atoms with Gasteiger partial charge in [0.1, 0.15) is 5.72 Å². The summed E-state index contributed by atoms with van der Waals surface area (Å²) in [5, 5.41) is 9.40. The number of rotatable bonds is 5. The molecule has 1 heterocycles. The molecule has 0 amide bonds. The fourth-order valence-corrected chi connectivity index (χ4v) is 3.50. The molecule has 1 aromatic heterocycles. The van der Waals surface area contributed by atoms with Crippen molar-refractivity contribution in [2.45, 2.75) is 46.0 Å². The number of aromatic nitrogens is 2. The van der Waals surface area contributed by atoms with Gasteiger partial charge in [0.2, 0.25) is 14.9 Å². The molecule has 0 aliphatic carbocycles. The number of hydrogen-bond donors (Lipinski definition) is 2. The van der Waals surface area contributed by atoms with E-state index in [1.54, 1.807) is 0 Å². The molecular formula is C13H22FN2O4Si. The van der Waals surface area contributed by atoms with E-state index in [2.05, 4.69) is 0 Å². The Labute approximate surface area is 124 Å². The smallest absolute Gasteiger partial charge is 0.330 e. The molecule has 0 spiro atoms. The first-order valence-corrected chi connectivity index (χ1v) is 9.08. The van der Waals surface area contributed by atoms with E-state index in [4.69, 9.17) is 4.43 Å². The molecule has 1 unspecified atom stereocenters. The quantitative estimate of drug-likeness (QED) is 0.794. The first kappa shape index (κ1) is 17.8. The van der Waals surface area contributed by atoms with Crippen molar-refractivity contribution in [3.05, 3.63) is 32.9 Å². The van der Waals surface area contributed by atoms with Gasteiger partial charge in [0.15, 0.2) is 0 Å². The number of nitrogens with zero attached hydrogens (tertiary/aromatic N) is 1. The summed E-state index contributed by atoms with van der Waals surface area (Å²) < 4.78 is 20.7. The van der Waals surface area contributed by atoms with E-state index >= 15 is 0 Å². The summed E-state index contributed by atoms with van der Waals surface area (Å²) in [6.07, 6.45) is 0.963. The third-order valence-electron chi connectivity index (χ3n) is 3.28. The summed E-state index contributed by atoms with van der Waals surface area (Å²) in [6, 6.07) is 0. The Morgan fingerprint density at radius 1 is 1.38 bits per heavy atom. The minimum atomic E-state index is -1.27. The van der Waals surface area contributed by atoms with E-state index in [1.165, 1.54) is 0 Å². The fraction of sp³-hybridized carbons (Fsp3) is 0.692. The highest BCUT2D eigenvalue weighted by atomic mass is 28.3. The minimum Gasteiger partial charge on any atom is -0.396 e. The highest BCUT2D eigenvalue weighted by Crippen LogP contribution is 2.40. The van der Waals surface area contributed by atoms with Gasteiger partial charge in [-0.05, 0) is 13.1 Å². The Morgan fingerprint density at radius 2 is 1.95 bits per heavy atom. The van der Waals surface area contributed by atoms with Crippen LogP contribution in [0.15, 0.2) is 15.8 Å². The van der Waals surface area contributed by atoms with Gasteiger partial charge in [-0.1, -0.05) is 20.8 Å². The average Bonchev–Trinajstić information content (AvgIpc) is 2.31. The summed E-state index contributed by atoms with van der Waals surface area (Å²) in [7, 11) is -1.27. The molecule has 0 fully saturated rings. The van der Waals surface area contributed by atoms with Crippen molar-refractivity contribution < 1.29 is 13.9 Å². The normalized spacial score (nSPS) is 15.2. The number of nitrogens with one attached hydrogen (secondary N) is 1. The predicted octanol–water partition coefficient (Wildman–Crippen LogP) is 1.02. The van der Waals surface area contributed by atoms with Gasteiger partial charge in [0.05, 0.1) is 6.20 Å². The molecule has 0 saturated carbocycles. The van der Waals surface area contributed by atoms with E-state index in [1.807, 2.05) is 38.8 Å². The second kappa shape index (κ2) is 6.25. The maximum atomic E-state index is 13.6. The summed E-state index contributed by atoms with van der Waals surface area (Å²) >= 11 is 0. The molecule has 1 aromatic rings. The number of aliphatic hydroxyl groups is 1. The van der Waals surface area contributed by atoms with Crippen molar-refractivity contribution in [3.8, 4) is 0 Å². The lowest BCUT2D eigenvalue weighted by Crippen LogP contribution is -2.56. The van der Waals surface area contributed by atoms with Crippen LogP contribution in [0.1, 0.15) is 27.2 Å². The van der Waals surface area contributed by atoms with Crippen LogP contribution in [-0.2, 0) is 10.2 Å². The van der Waals surface area contributed by atoms with Crippen LogP contribution < -0.4 is 11.2 Å². The Hall–Kier alpha value is -1.25. The van der Waals surface area contributed by atoms with Crippen LogP contribution in [0.5, 0.6) is 0 Å². The lowest BCUT2D eigenvalue weighted by Gasteiger charge is -2.46. The molecule has 2 N–H and O–H groups in total. The van der Waals surface area contributed by atoms with Crippen molar-refractivity contribution in [1.82, 2.24) is 9.55 Å². The lowest BCUT2D eigenvalue weighted by atomic mass is 9.80. The zero-order valence-corrected chi connectivity index (χ0v) is 14.0. The molecule has 119 valence electrons. The van der Waals surface area contributed by atoms with Gasteiger partial charge in [-0.25, -0.2) is 4.79 Å². The van der Waals surface area contributed by atoms with Gasteiger partial charge >= 0.3 is 5.69 Å². The topological polar surface area (TPSA) is 84.3 Å². The number of halogens is 1. The van der Waals surface area contributed by atoms with Gasteiger partial charge < -0.3 is 9.53 Å². The maximum absolute atomic E-state index is 13.6. The van der Waals surface area contributed by atoms with Crippen molar-refractivity contribution in [1.29, 1.82) is 0 Å². The van der Waals surface area contributed by atoms with Crippen molar-refractivity contribution in [2.24, 2.45) is 5.41 Å². The van der Waals surface area contributed by atoms with Crippen LogP contribution >= 0.6 is 0 Å². The predicted molar refractivity (Wildman–Crippen MR) is 79.0 cm³/mol. The second-order valence-corrected chi connectivity index (χ2v) is 8.15. The van der Waals surface area contributed by atoms with E-state index in [-0.39, 0.29) is 13.0 Å². The monoisotopic (exact) mass is 317 g/mol. The van der Waals surface area contributed by atoms with Crippen LogP contribution in [0.2, 0.25) is 13.1 Å². The Bertz CT molecular complexity index is 605. The van der Waals surface area contributed by atoms with Crippen LogP contribution in [0.4, 0.5) is 4.39 Å². The molecule has 1 atom stereocenters. The Kier molecular flexibility index (Phi) is 5.29. The Balaban J connectivity index is 3.67. The lowest BCUT2D eigenvalue weighted by molar-refractivity contribution is -0.125. The van der Waals surface area contributed by atoms with Gasteiger partial charge in [0.25, 0.3) is 5.56 Å². The summed E-state index contributed by atoms with van der Waals surface area (Å²) in [5.74, 6) is -1.06. The summed E-state index contributed by atoms with van der Waals surface area (Å²) in [4.78, 5) is 25.3. The highest BCUT2D eigenvalue weighted by molar-refractivity contribution is 6.48. The van der Waals surface area contributed by atoms with Crippen LogP contribution in [-0.4, -0.2) is 30.3 Å². The van der Waals surface area contributed by atoms with Crippen molar-refractivity contribution in [2.75, 3.05) is 6.61 Å². The molecule has 0 aliphatic heterocycles. The zero-order chi connectivity index (χ0) is 16.4. The molecule has 0 saturated heterocycles. The molecule has 6 nitrogen and oxygen atoms in total. The molecular weight excluding hydrogens is 295 g/mol. The number of H-pyrrole nitrogens is 1. The first-order chi connectivity index (χ1) is 9.55. The van der Waals surface area contributed by atoms with Gasteiger partial charge in [-0.15, -0.1) is 0 Å². The third kappa shape index (κ3) is 3.50. The molecule has 8 heteroatoms. The second-order valence-electron chi connectivity index (χ2n) is 6.12. The molecule has 1 radical (unpaired) electrons. The third-order valence-corrected chi connectivity index (χ3v) is 4.03. The average molecular weight is 317 g/mol. The first-order valence-electron chi connectivity index (χ1n) is 6.67. The summed E-state index contributed by atoms with van der Waals surface area (Å²) in [6.45, 7) is 9.04. The molecule has 21 heavy (non-hydrogen) atoms. The van der Waals surface area contributed by atoms with E-state index in [0.717, 1.165) is 10.8 Å². The SMILES string of the molecule is C[Si](C)OC(CCO)(n1cc(F)c(=O)[nH]c1=O)C(C)(C)C. The largest absolute Gasteiger partial charge is 0.396 e. The van der Waals surface area contributed by atoms with Crippen molar-refractivity contribution in [3.63, 3.8) is 0 Å². The Morgan fingerprint density at radius 3 is 2.38 bits per heavy atom. The number of hydrogen-bond acceptors (Lipinski definition) is 4. The van der Waals surface area contributed by atoms with Crippen LogP contribution in [0.3, 0.4) is 0 Å². The van der Waals surface area contributed by atoms with Crippen molar-refractivity contribution >= 4 is 9.04 Å². The van der Waals surface area contributed by atoms with Crippen LogP contribution in [0.25, 0.3) is 0 Å². The molecule has 0 bridgehead atoms. The van der Waals surface area contributed by atoms with E-state index < -0.39 is 37.2 Å². The van der Waals surface area contributed by atoms with Gasteiger partial charge in [-0.3, -0.25) is 14.3 Å². The number of aromatic amines is 1. The van der Waals surface area contributed by atoms with Gasteiger partial charge in [-0.2, -0.15) is 4.39 Å². The van der Waals surface area contributed by atoms with E-state index in [9.17, 15) is 19.1 Å². The fourth-order valence-electron chi connectivity index (χ4n) is 2.32. The molecule has 1 rings (SSSR count). The molecule has 0 aromatic carbocycles. The maximum Gasteiger partial charge on any atom is 0.330 e.